The monoisotopic (exact) mass is 362 g/mol. The first-order valence-corrected chi connectivity index (χ1v) is 9.20. The molecule has 0 fully saturated rings. The predicted octanol–water partition coefficient (Wildman–Crippen LogP) is 7.96. The van der Waals surface area contributed by atoms with Gasteiger partial charge in [0.05, 0.1) is 11.4 Å². The zero-order valence-electron chi connectivity index (χ0n) is 15.6. The lowest BCUT2D eigenvalue weighted by molar-refractivity contribution is 1.23. The van der Waals surface area contributed by atoms with E-state index in [1.54, 1.807) is 0 Å². The van der Waals surface area contributed by atoms with Gasteiger partial charge < -0.3 is 0 Å². The van der Waals surface area contributed by atoms with Crippen LogP contribution in [0.25, 0.3) is 12.2 Å². The summed E-state index contributed by atoms with van der Waals surface area (Å²) in [6.45, 7) is 0. The molecule has 0 radical (unpaired) electrons. The van der Waals surface area contributed by atoms with Gasteiger partial charge >= 0.3 is 0 Å². The normalized spacial score (nSPS) is 10.6. The molecule has 0 heterocycles. The average Bonchev–Trinajstić information content (AvgIpc) is 2.80. The molecule has 136 valence electrons. The van der Waals surface area contributed by atoms with Crippen LogP contribution in [0.15, 0.2) is 132 Å². The largest absolute Gasteiger partial charge is 0.151 e. The van der Waals surface area contributed by atoms with Crippen LogP contribution in [-0.4, -0.2) is 0 Å². The molecule has 0 amide bonds. The van der Waals surface area contributed by atoms with E-state index in [9.17, 15) is 0 Å². The molecule has 0 aliphatic rings. The Morgan fingerprint density at radius 2 is 0.643 bits per heavy atom. The maximum absolute atomic E-state index is 4.10. The van der Waals surface area contributed by atoms with Crippen molar-refractivity contribution in [2.75, 3.05) is 0 Å². The second-order valence-corrected chi connectivity index (χ2v) is 6.03. The van der Waals surface area contributed by atoms with Crippen LogP contribution in [0.3, 0.4) is 0 Å². The number of azo groups is 1. The maximum Gasteiger partial charge on any atom is 0.0857 e. The standard InChI is InChI=1S/C14H12.C12H10N2/c1-3-7-13(8-4-1)11-12-14-9-5-2-6-10-14;1-3-7-11(8-4-1)13-14-12-9-5-2-6-10-12/h1-12H;1-10H/b12-11+;. The first-order chi connectivity index (χ1) is 13.9. The van der Waals surface area contributed by atoms with Crippen LogP contribution in [0.5, 0.6) is 0 Å². The maximum atomic E-state index is 4.10. The van der Waals surface area contributed by atoms with Crippen LogP contribution in [0.1, 0.15) is 11.1 Å². The average molecular weight is 362 g/mol. The van der Waals surface area contributed by atoms with Crippen molar-refractivity contribution >= 4 is 23.5 Å². The molecule has 4 aromatic rings. The number of nitrogens with zero attached hydrogens (tertiary/aromatic N) is 2. The fourth-order valence-corrected chi connectivity index (χ4v) is 2.43. The summed E-state index contributed by atoms with van der Waals surface area (Å²) in [6, 6.07) is 40.0. The molecule has 0 saturated carbocycles. The molecule has 0 bridgehead atoms. The molecule has 0 aromatic heterocycles. The van der Waals surface area contributed by atoms with E-state index in [0.29, 0.717) is 0 Å². The van der Waals surface area contributed by atoms with Crippen molar-refractivity contribution in [3.8, 4) is 0 Å². The third kappa shape index (κ3) is 6.85. The van der Waals surface area contributed by atoms with Crippen LogP contribution >= 0.6 is 0 Å². The highest BCUT2D eigenvalue weighted by molar-refractivity contribution is 5.69. The molecular formula is C26H22N2. The first kappa shape index (κ1) is 19.0. The van der Waals surface area contributed by atoms with Crippen molar-refractivity contribution in [3.05, 3.63) is 132 Å². The highest BCUT2D eigenvalue weighted by Crippen LogP contribution is 2.16. The number of rotatable bonds is 4. The minimum absolute atomic E-state index is 0.872. The Hall–Kier alpha value is -3.78. The molecule has 0 spiro atoms. The van der Waals surface area contributed by atoms with E-state index in [0.717, 1.165) is 11.4 Å². The van der Waals surface area contributed by atoms with Gasteiger partial charge in [0.2, 0.25) is 0 Å². The number of hydrogen-bond acceptors (Lipinski definition) is 2. The molecule has 0 saturated heterocycles. The third-order valence-corrected chi connectivity index (χ3v) is 3.86. The van der Waals surface area contributed by atoms with Gasteiger partial charge in [-0.05, 0) is 35.4 Å². The summed E-state index contributed by atoms with van der Waals surface area (Å²) in [5.41, 5.74) is 4.21. The van der Waals surface area contributed by atoms with Crippen LogP contribution in [0.4, 0.5) is 11.4 Å². The molecule has 4 rings (SSSR count). The van der Waals surface area contributed by atoms with Crippen molar-refractivity contribution in [1.82, 2.24) is 0 Å². The van der Waals surface area contributed by atoms with Crippen LogP contribution < -0.4 is 0 Å². The molecular weight excluding hydrogens is 340 g/mol. The van der Waals surface area contributed by atoms with Crippen LogP contribution in [0, 0.1) is 0 Å². The van der Waals surface area contributed by atoms with Gasteiger partial charge in [0.25, 0.3) is 0 Å². The summed E-state index contributed by atoms with van der Waals surface area (Å²) in [7, 11) is 0. The van der Waals surface area contributed by atoms with E-state index in [2.05, 4.69) is 46.6 Å². The lowest BCUT2D eigenvalue weighted by atomic mass is 10.1. The van der Waals surface area contributed by atoms with Crippen molar-refractivity contribution in [2.24, 2.45) is 10.2 Å². The summed E-state index contributed by atoms with van der Waals surface area (Å²) in [5.74, 6) is 0. The van der Waals surface area contributed by atoms with Crippen molar-refractivity contribution in [1.29, 1.82) is 0 Å². The molecule has 2 nitrogen and oxygen atoms in total. The minimum Gasteiger partial charge on any atom is -0.151 e. The van der Waals surface area contributed by atoms with E-state index >= 15 is 0 Å². The Morgan fingerprint density at radius 1 is 0.357 bits per heavy atom. The van der Waals surface area contributed by atoms with E-state index in [1.165, 1.54) is 11.1 Å². The number of hydrogen-bond donors (Lipinski definition) is 0. The quantitative estimate of drug-likeness (QED) is 0.260. The summed E-state index contributed by atoms with van der Waals surface area (Å²) in [4.78, 5) is 0. The molecule has 2 heteroatoms. The molecule has 0 atom stereocenters. The highest BCUT2D eigenvalue weighted by atomic mass is 15.1. The molecule has 4 aromatic carbocycles. The van der Waals surface area contributed by atoms with Crippen molar-refractivity contribution < 1.29 is 0 Å². The van der Waals surface area contributed by atoms with Crippen molar-refractivity contribution in [2.45, 2.75) is 0 Å². The van der Waals surface area contributed by atoms with Gasteiger partial charge in [-0.3, -0.25) is 0 Å². The second-order valence-electron chi connectivity index (χ2n) is 6.03. The zero-order chi connectivity index (χ0) is 19.3. The van der Waals surface area contributed by atoms with Crippen LogP contribution in [-0.2, 0) is 0 Å². The molecule has 0 aliphatic carbocycles. The van der Waals surface area contributed by atoms with Gasteiger partial charge in [0.15, 0.2) is 0 Å². The minimum atomic E-state index is 0.872. The second kappa shape index (κ2) is 11.0. The smallest absolute Gasteiger partial charge is 0.0857 e. The van der Waals surface area contributed by atoms with Gasteiger partial charge in [-0.25, -0.2) is 0 Å². The fraction of sp³-hybridized carbons (Fsp3) is 0. The summed E-state index contributed by atoms with van der Waals surface area (Å²) < 4.78 is 0. The topological polar surface area (TPSA) is 24.7 Å². The van der Waals surface area contributed by atoms with E-state index in [1.807, 2.05) is 97.1 Å². The zero-order valence-corrected chi connectivity index (χ0v) is 15.6. The molecule has 28 heavy (non-hydrogen) atoms. The SMILES string of the molecule is C(=C\c1ccccc1)/c1ccccc1.c1ccc(N=Nc2ccccc2)cc1. The fourth-order valence-electron chi connectivity index (χ4n) is 2.43. The lowest BCUT2D eigenvalue weighted by Gasteiger charge is -1.92. The Morgan fingerprint density at radius 3 is 0.964 bits per heavy atom. The lowest BCUT2D eigenvalue weighted by Crippen LogP contribution is -1.70. The summed E-state index contributed by atoms with van der Waals surface area (Å²) in [6.07, 6.45) is 4.24. The van der Waals surface area contributed by atoms with E-state index in [4.69, 9.17) is 0 Å². The first-order valence-electron chi connectivity index (χ1n) is 9.20. The molecule has 0 aliphatic heterocycles. The summed E-state index contributed by atoms with van der Waals surface area (Å²) in [5, 5.41) is 8.20. The van der Waals surface area contributed by atoms with E-state index < -0.39 is 0 Å². The number of benzene rings is 4. The van der Waals surface area contributed by atoms with Gasteiger partial charge in [-0.15, -0.1) is 0 Å². The predicted molar refractivity (Wildman–Crippen MR) is 119 cm³/mol. The van der Waals surface area contributed by atoms with Crippen LogP contribution in [0.2, 0.25) is 0 Å². The highest BCUT2D eigenvalue weighted by Gasteiger charge is 1.87. The summed E-state index contributed by atoms with van der Waals surface area (Å²) >= 11 is 0. The van der Waals surface area contributed by atoms with Gasteiger partial charge in [-0.2, -0.15) is 10.2 Å². The van der Waals surface area contributed by atoms with Gasteiger partial charge in [-0.1, -0.05) is 109 Å². The van der Waals surface area contributed by atoms with Crippen molar-refractivity contribution in [3.63, 3.8) is 0 Å². The third-order valence-electron chi connectivity index (χ3n) is 3.86. The van der Waals surface area contributed by atoms with Gasteiger partial charge in [0.1, 0.15) is 0 Å². The Bertz CT molecular complexity index is 810. The van der Waals surface area contributed by atoms with Gasteiger partial charge in [0, 0.05) is 0 Å². The molecule has 0 N–H and O–H groups in total. The molecule has 0 unspecified atom stereocenters. The Balaban J connectivity index is 0.000000161. The Labute approximate surface area is 166 Å². The van der Waals surface area contributed by atoms with E-state index in [-0.39, 0.29) is 0 Å². The Kier molecular flexibility index (Phi) is 7.49.